The molecule has 0 radical (unpaired) electrons. The van der Waals surface area contributed by atoms with E-state index in [-0.39, 0.29) is 0 Å². The molecule has 0 heterocycles. The fourth-order valence-electron chi connectivity index (χ4n) is 1.66. The number of rotatable bonds is 8. The van der Waals surface area contributed by atoms with Gasteiger partial charge >= 0.3 is 0 Å². The summed E-state index contributed by atoms with van der Waals surface area (Å²) in [6.45, 7) is 10.4. The van der Waals surface area contributed by atoms with Crippen LogP contribution in [0.15, 0.2) is 61.7 Å². The van der Waals surface area contributed by atoms with E-state index < -0.39 is 0 Å². The van der Waals surface area contributed by atoms with Crippen molar-refractivity contribution in [2.24, 2.45) is 0 Å². The van der Waals surface area contributed by atoms with Crippen LogP contribution in [0.25, 0.3) is 6.08 Å². The predicted octanol–water partition coefficient (Wildman–Crippen LogP) is 3.76. The molecule has 0 N–H and O–H groups in total. The van der Waals surface area contributed by atoms with Crippen LogP contribution in [0.1, 0.15) is 12.0 Å². The summed E-state index contributed by atoms with van der Waals surface area (Å²) >= 11 is 0. The molecule has 0 aliphatic carbocycles. The summed E-state index contributed by atoms with van der Waals surface area (Å²) in [5, 5.41) is 0. The minimum absolute atomic E-state index is 0.922. The predicted molar refractivity (Wildman–Crippen MR) is 76.9 cm³/mol. The minimum atomic E-state index is 0.922. The number of nitrogens with zero attached hydrogens (tertiary/aromatic N) is 1. The van der Waals surface area contributed by atoms with E-state index in [1.165, 1.54) is 5.56 Å². The third-order valence-electron chi connectivity index (χ3n) is 2.50. The zero-order valence-corrected chi connectivity index (χ0v) is 10.4. The first-order valence-electron chi connectivity index (χ1n) is 6.02. The molecule has 1 heteroatoms. The highest BCUT2D eigenvalue weighted by molar-refractivity contribution is 5.48. The first-order valence-corrected chi connectivity index (χ1v) is 6.02. The lowest BCUT2D eigenvalue weighted by Crippen LogP contribution is -2.24. The van der Waals surface area contributed by atoms with Gasteiger partial charge in [-0.1, -0.05) is 54.6 Å². The van der Waals surface area contributed by atoms with Crippen molar-refractivity contribution in [3.05, 3.63) is 67.3 Å². The summed E-state index contributed by atoms with van der Waals surface area (Å²) in [4.78, 5) is 2.31. The quantitative estimate of drug-likeness (QED) is 0.611. The summed E-state index contributed by atoms with van der Waals surface area (Å²) in [6, 6.07) is 10.4. The van der Waals surface area contributed by atoms with Crippen LogP contribution in [-0.2, 0) is 0 Å². The van der Waals surface area contributed by atoms with E-state index in [2.05, 4.69) is 54.5 Å². The molecular weight excluding hydrogens is 206 g/mol. The van der Waals surface area contributed by atoms with Crippen LogP contribution in [0.3, 0.4) is 0 Å². The molecule has 0 aliphatic rings. The molecule has 1 nitrogen and oxygen atoms in total. The van der Waals surface area contributed by atoms with Crippen molar-refractivity contribution >= 4 is 6.08 Å². The Morgan fingerprint density at radius 1 is 1.00 bits per heavy atom. The van der Waals surface area contributed by atoms with Crippen LogP contribution in [0.5, 0.6) is 0 Å². The van der Waals surface area contributed by atoms with Crippen molar-refractivity contribution in [2.45, 2.75) is 6.42 Å². The van der Waals surface area contributed by atoms with Gasteiger partial charge in [0.1, 0.15) is 0 Å². The third kappa shape index (κ3) is 5.88. The molecule has 0 amide bonds. The largest absolute Gasteiger partial charge is 0.296 e. The van der Waals surface area contributed by atoms with Gasteiger partial charge in [0.2, 0.25) is 0 Å². The summed E-state index contributed by atoms with van der Waals surface area (Å²) < 4.78 is 0. The summed E-state index contributed by atoms with van der Waals surface area (Å²) in [6.07, 6.45) is 9.31. The smallest absolute Gasteiger partial charge is 0.0164 e. The molecular formula is C16H21N. The second kappa shape index (κ2) is 8.54. The average Bonchev–Trinajstić information content (AvgIpc) is 2.36. The van der Waals surface area contributed by atoms with E-state index in [9.17, 15) is 0 Å². The molecule has 1 aromatic rings. The summed E-state index contributed by atoms with van der Waals surface area (Å²) in [5.41, 5.74) is 1.26. The molecule has 1 rings (SSSR count). The number of hydrogen-bond acceptors (Lipinski definition) is 1. The van der Waals surface area contributed by atoms with E-state index in [1.807, 2.05) is 18.2 Å². The first kappa shape index (κ1) is 13.5. The van der Waals surface area contributed by atoms with E-state index in [1.54, 1.807) is 0 Å². The van der Waals surface area contributed by atoms with Crippen LogP contribution in [0.4, 0.5) is 0 Å². The van der Waals surface area contributed by atoms with Gasteiger partial charge in [0, 0.05) is 19.6 Å². The van der Waals surface area contributed by atoms with Crippen LogP contribution in [-0.4, -0.2) is 24.5 Å². The van der Waals surface area contributed by atoms with E-state index in [0.717, 1.165) is 26.1 Å². The SMILES string of the molecule is C=CCN(CC=C)CCC=Cc1ccccc1. The molecule has 0 atom stereocenters. The molecule has 0 aromatic heterocycles. The lowest BCUT2D eigenvalue weighted by atomic mass is 10.2. The van der Waals surface area contributed by atoms with E-state index in [0.29, 0.717) is 0 Å². The van der Waals surface area contributed by atoms with E-state index >= 15 is 0 Å². The van der Waals surface area contributed by atoms with Gasteiger partial charge in [-0.2, -0.15) is 0 Å². The summed E-state index contributed by atoms with van der Waals surface area (Å²) in [7, 11) is 0. The lowest BCUT2D eigenvalue weighted by Gasteiger charge is -2.17. The van der Waals surface area contributed by atoms with Crippen molar-refractivity contribution in [2.75, 3.05) is 19.6 Å². The van der Waals surface area contributed by atoms with Crippen molar-refractivity contribution in [1.82, 2.24) is 4.90 Å². The maximum atomic E-state index is 3.76. The van der Waals surface area contributed by atoms with Crippen LogP contribution in [0, 0.1) is 0 Å². The van der Waals surface area contributed by atoms with Crippen molar-refractivity contribution in [3.63, 3.8) is 0 Å². The highest BCUT2D eigenvalue weighted by Gasteiger charge is 1.97. The minimum Gasteiger partial charge on any atom is -0.296 e. The van der Waals surface area contributed by atoms with Crippen LogP contribution >= 0.6 is 0 Å². The summed E-state index contributed by atoms with van der Waals surface area (Å²) in [5.74, 6) is 0. The highest BCUT2D eigenvalue weighted by Crippen LogP contribution is 2.02. The van der Waals surface area contributed by atoms with Crippen LogP contribution in [0.2, 0.25) is 0 Å². The van der Waals surface area contributed by atoms with Gasteiger partial charge in [0.05, 0.1) is 0 Å². The third-order valence-corrected chi connectivity index (χ3v) is 2.50. The topological polar surface area (TPSA) is 3.24 Å². The van der Waals surface area contributed by atoms with Gasteiger partial charge in [-0.05, 0) is 12.0 Å². The Bertz CT molecular complexity index is 341. The highest BCUT2D eigenvalue weighted by atomic mass is 15.1. The Labute approximate surface area is 105 Å². The molecule has 0 bridgehead atoms. The Morgan fingerprint density at radius 2 is 1.65 bits per heavy atom. The molecule has 0 spiro atoms. The fourth-order valence-corrected chi connectivity index (χ4v) is 1.66. The molecule has 17 heavy (non-hydrogen) atoms. The molecule has 0 unspecified atom stereocenters. The second-order valence-electron chi connectivity index (χ2n) is 3.94. The van der Waals surface area contributed by atoms with Gasteiger partial charge in [0.25, 0.3) is 0 Å². The van der Waals surface area contributed by atoms with E-state index in [4.69, 9.17) is 0 Å². The Morgan fingerprint density at radius 3 is 2.24 bits per heavy atom. The molecule has 0 aliphatic heterocycles. The molecule has 0 fully saturated rings. The van der Waals surface area contributed by atoms with Crippen molar-refractivity contribution in [3.8, 4) is 0 Å². The van der Waals surface area contributed by atoms with Gasteiger partial charge in [-0.3, -0.25) is 4.90 Å². The average molecular weight is 227 g/mol. The maximum Gasteiger partial charge on any atom is 0.0164 e. The molecule has 0 saturated carbocycles. The fraction of sp³-hybridized carbons (Fsp3) is 0.250. The number of hydrogen-bond donors (Lipinski definition) is 0. The number of benzene rings is 1. The van der Waals surface area contributed by atoms with Gasteiger partial charge < -0.3 is 0 Å². The Balaban J connectivity index is 2.32. The zero-order chi connectivity index (χ0) is 12.3. The monoisotopic (exact) mass is 227 g/mol. The van der Waals surface area contributed by atoms with Gasteiger partial charge in [0.15, 0.2) is 0 Å². The Kier molecular flexibility index (Phi) is 6.76. The second-order valence-corrected chi connectivity index (χ2v) is 3.94. The molecule has 90 valence electrons. The van der Waals surface area contributed by atoms with Crippen LogP contribution < -0.4 is 0 Å². The molecule has 1 aromatic carbocycles. The van der Waals surface area contributed by atoms with Gasteiger partial charge in [-0.25, -0.2) is 0 Å². The van der Waals surface area contributed by atoms with Crippen molar-refractivity contribution < 1.29 is 0 Å². The standard InChI is InChI=1S/C16H21N/c1-3-13-17(14-4-2)15-9-8-12-16-10-6-5-7-11-16/h3-8,10-12H,1-2,9,13-15H2. The van der Waals surface area contributed by atoms with Gasteiger partial charge in [-0.15, -0.1) is 13.2 Å². The first-order chi connectivity index (χ1) is 8.36. The molecule has 0 saturated heterocycles. The van der Waals surface area contributed by atoms with Crippen molar-refractivity contribution in [1.29, 1.82) is 0 Å². The maximum absolute atomic E-state index is 3.76. The zero-order valence-electron chi connectivity index (χ0n) is 10.4. The normalized spacial score (nSPS) is 10.9. The Hall–Kier alpha value is -1.60. The lowest BCUT2D eigenvalue weighted by molar-refractivity contribution is 0.342.